The van der Waals surface area contributed by atoms with Crippen LogP contribution >= 0.6 is 40.3 Å². The van der Waals surface area contributed by atoms with Crippen LogP contribution < -0.4 is 10.1 Å². The minimum absolute atomic E-state index is 0. The van der Waals surface area contributed by atoms with Crippen LogP contribution in [0.4, 0.5) is 5.69 Å². The van der Waals surface area contributed by atoms with Crippen LogP contribution in [-0.2, 0) is 17.8 Å². The quantitative estimate of drug-likeness (QED) is 0.156. The van der Waals surface area contributed by atoms with Gasteiger partial charge in [0.2, 0.25) is 5.91 Å². The highest BCUT2D eigenvalue weighted by molar-refractivity contribution is 8.93. The van der Waals surface area contributed by atoms with Gasteiger partial charge >= 0.3 is 0 Å². The summed E-state index contributed by atoms with van der Waals surface area (Å²) in [6.45, 7) is 3.73. The van der Waals surface area contributed by atoms with Crippen LogP contribution in [0.2, 0.25) is 5.02 Å². The number of carbonyl (C=O) groups excluding carboxylic acids is 1. The number of amides is 1. The minimum Gasteiger partial charge on any atom is -0.492 e. The van der Waals surface area contributed by atoms with Crippen molar-refractivity contribution in [1.29, 1.82) is 0 Å². The molecule has 0 aliphatic carbocycles. The molecule has 0 fully saturated rings. The molecule has 1 heterocycles. The average Bonchev–Trinajstić information content (AvgIpc) is 3.41. The maximum atomic E-state index is 12.9. The van der Waals surface area contributed by atoms with Gasteiger partial charge in [0.1, 0.15) is 5.75 Å². The molecule has 0 aromatic heterocycles. The summed E-state index contributed by atoms with van der Waals surface area (Å²) in [6, 6.07) is 13.7. The first kappa shape index (κ1) is 33.6. The summed E-state index contributed by atoms with van der Waals surface area (Å²) in [4.78, 5) is 15.1. The average molecular weight is 638 g/mol. The lowest BCUT2D eigenvalue weighted by Gasteiger charge is -2.16. The number of ether oxygens (including phenoxy) is 1. The van der Waals surface area contributed by atoms with Gasteiger partial charge in [0.25, 0.3) is 0 Å². The van der Waals surface area contributed by atoms with Crippen LogP contribution in [0.5, 0.6) is 5.75 Å². The van der Waals surface area contributed by atoms with E-state index >= 15 is 0 Å². The molecule has 2 aromatic carbocycles. The normalized spacial score (nSPS) is 12.4. The number of unbranched alkanes of at least 4 members (excludes halogenated alkanes) is 11. The van der Waals surface area contributed by atoms with Gasteiger partial charge in [0.15, 0.2) is 0 Å². The SMILES string of the molecule is Br.CCCCCCCCCCCCCCOc1c(Cl)cccc1CC(=O)Nc1cccc(CN2C=CSC2)c1. The van der Waals surface area contributed by atoms with E-state index in [1.165, 1.54) is 76.2 Å². The second-order valence-electron chi connectivity index (χ2n) is 10.2. The van der Waals surface area contributed by atoms with Crippen molar-refractivity contribution in [3.63, 3.8) is 0 Å². The number of benzene rings is 2. The van der Waals surface area contributed by atoms with E-state index in [9.17, 15) is 4.79 Å². The summed E-state index contributed by atoms with van der Waals surface area (Å²) in [5.41, 5.74) is 2.80. The molecule has 1 amide bonds. The van der Waals surface area contributed by atoms with Crippen molar-refractivity contribution in [3.05, 3.63) is 70.2 Å². The van der Waals surface area contributed by atoms with Crippen LogP contribution in [-0.4, -0.2) is 23.3 Å². The number of rotatable bonds is 19. The number of nitrogens with zero attached hydrogens (tertiary/aromatic N) is 1. The Balaban J connectivity index is 0.00000533. The number of anilines is 1. The van der Waals surface area contributed by atoms with Crippen LogP contribution in [0.15, 0.2) is 54.1 Å². The first-order chi connectivity index (χ1) is 18.7. The lowest BCUT2D eigenvalue weighted by Crippen LogP contribution is -2.16. The summed E-state index contributed by atoms with van der Waals surface area (Å²) in [7, 11) is 0. The maximum absolute atomic E-state index is 12.9. The zero-order valence-corrected chi connectivity index (χ0v) is 26.8. The molecule has 0 unspecified atom stereocenters. The largest absolute Gasteiger partial charge is 0.492 e. The molecule has 216 valence electrons. The van der Waals surface area contributed by atoms with Crippen LogP contribution in [0, 0.1) is 0 Å². The third-order valence-electron chi connectivity index (χ3n) is 6.85. The van der Waals surface area contributed by atoms with Gasteiger partial charge in [-0.05, 0) is 35.6 Å². The summed E-state index contributed by atoms with van der Waals surface area (Å²) >= 11 is 8.24. The fraction of sp³-hybridized carbons (Fsp3) is 0.531. The van der Waals surface area contributed by atoms with E-state index in [-0.39, 0.29) is 29.3 Å². The van der Waals surface area contributed by atoms with E-state index in [1.807, 2.05) is 36.4 Å². The highest BCUT2D eigenvalue weighted by atomic mass is 79.9. The van der Waals surface area contributed by atoms with Gasteiger partial charge in [-0.25, -0.2) is 0 Å². The molecule has 3 rings (SSSR count). The van der Waals surface area contributed by atoms with Gasteiger partial charge in [-0.15, -0.1) is 28.7 Å². The number of carbonyl (C=O) groups is 1. The predicted molar refractivity (Wildman–Crippen MR) is 174 cm³/mol. The molecule has 1 N–H and O–H groups in total. The molecule has 0 saturated heterocycles. The zero-order chi connectivity index (χ0) is 26.8. The smallest absolute Gasteiger partial charge is 0.228 e. The van der Waals surface area contributed by atoms with E-state index in [1.54, 1.807) is 11.8 Å². The molecule has 2 aromatic rings. The fourth-order valence-electron chi connectivity index (χ4n) is 4.74. The highest BCUT2D eigenvalue weighted by Crippen LogP contribution is 2.30. The number of halogens is 2. The minimum atomic E-state index is -0.0729. The molecule has 7 heteroatoms. The maximum Gasteiger partial charge on any atom is 0.228 e. The van der Waals surface area contributed by atoms with Crippen molar-refractivity contribution in [1.82, 2.24) is 4.90 Å². The lowest BCUT2D eigenvalue weighted by atomic mass is 10.1. The van der Waals surface area contributed by atoms with Gasteiger partial charge in [0, 0.05) is 24.0 Å². The number of nitrogens with one attached hydrogen (secondary N) is 1. The molecule has 1 aliphatic heterocycles. The Labute approximate surface area is 256 Å². The predicted octanol–water partition coefficient (Wildman–Crippen LogP) is 10.2. The summed E-state index contributed by atoms with van der Waals surface area (Å²) < 4.78 is 6.08. The van der Waals surface area contributed by atoms with Crippen molar-refractivity contribution in [3.8, 4) is 5.75 Å². The van der Waals surface area contributed by atoms with Crippen LogP contribution in [0.25, 0.3) is 0 Å². The Morgan fingerprint density at radius 1 is 0.949 bits per heavy atom. The van der Waals surface area contributed by atoms with E-state index in [4.69, 9.17) is 16.3 Å². The van der Waals surface area contributed by atoms with Gasteiger partial charge in [0.05, 0.1) is 23.9 Å². The van der Waals surface area contributed by atoms with Crippen molar-refractivity contribution in [2.24, 2.45) is 0 Å². The van der Waals surface area contributed by atoms with E-state index in [0.29, 0.717) is 17.4 Å². The second kappa shape index (κ2) is 20.3. The number of thioether (sulfide) groups is 1. The van der Waals surface area contributed by atoms with E-state index < -0.39 is 0 Å². The van der Waals surface area contributed by atoms with E-state index in [2.05, 4.69) is 34.8 Å². The number of hydrogen-bond acceptors (Lipinski definition) is 4. The van der Waals surface area contributed by atoms with Crippen molar-refractivity contribution in [2.45, 2.75) is 96.9 Å². The van der Waals surface area contributed by atoms with Crippen molar-refractivity contribution >= 4 is 51.9 Å². The topological polar surface area (TPSA) is 41.6 Å². The summed E-state index contributed by atoms with van der Waals surface area (Å²) in [6.07, 6.45) is 18.1. The monoisotopic (exact) mass is 636 g/mol. The van der Waals surface area contributed by atoms with Crippen LogP contribution in [0.3, 0.4) is 0 Å². The van der Waals surface area contributed by atoms with Gasteiger partial charge in [-0.3, -0.25) is 4.79 Å². The first-order valence-corrected chi connectivity index (χ1v) is 15.9. The molecule has 0 radical (unpaired) electrons. The Hall–Kier alpha value is -1.63. The zero-order valence-electron chi connectivity index (χ0n) is 23.5. The Kier molecular flexibility index (Phi) is 17.5. The van der Waals surface area contributed by atoms with Crippen LogP contribution in [0.1, 0.15) is 95.1 Å². The first-order valence-electron chi connectivity index (χ1n) is 14.5. The van der Waals surface area contributed by atoms with Crippen molar-refractivity contribution in [2.75, 3.05) is 17.8 Å². The Bertz CT molecular complexity index is 1000. The molecular formula is C32H46BrClN2O2S. The molecule has 0 atom stereocenters. The molecule has 0 saturated carbocycles. The third kappa shape index (κ3) is 13.5. The number of para-hydroxylation sites is 1. The van der Waals surface area contributed by atoms with Crippen molar-refractivity contribution < 1.29 is 9.53 Å². The Morgan fingerprint density at radius 2 is 1.62 bits per heavy atom. The lowest BCUT2D eigenvalue weighted by molar-refractivity contribution is -0.115. The third-order valence-corrected chi connectivity index (χ3v) is 7.94. The molecule has 0 spiro atoms. The second-order valence-corrected chi connectivity index (χ2v) is 11.5. The fourth-order valence-corrected chi connectivity index (χ4v) is 5.70. The Morgan fingerprint density at radius 3 is 2.28 bits per heavy atom. The van der Waals surface area contributed by atoms with Gasteiger partial charge < -0.3 is 15.0 Å². The van der Waals surface area contributed by atoms with E-state index in [0.717, 1.165) is 30.1 Å². The summed E-state index contributed by atoms with van der Waals surface area (Å²) in [5, 5.41) is 5.71. The summed E-state index contributed by atoms with van der Waals surface area (Å²) in [5.74, 6) is 1.53. The van der Waals surface area contributed by atoms with Gasteiger partial charge in [-0.1, -0.05) is 113 Å². The molecular weight excluding hydrogens is 592 g/mol. The molecule has 1 aliphatic rings. The van der Waals surface area contributed by atoms with Gasteiger partial charge in [-0.2, -0.15) is 0 Å². The molecule has 39 heavy (non-hydrogen) atoms. The highest BCUT2D eigenvalue weighted by Gasteiger charge is 2.13. The molecule has 4 nitrogen and oxygen atoms in total. The standard InChI is InChI=1S/C32H45ClN2O2S.BrH/c1-2-3-4-5-6-7-8-9-10-11-12-13-21-37-32-28(17-15-19-30(32)33)24-31(36)34-29-18-14-16-27(23-29)25-35-20-22-38-26-35;/h14-20,22-23H,2-13,21,24-26H2,1H3,(H,34,36);1H. The molecule has 0 bridgehead atoms. The number of hydrogen-bond donors (Lipinski definition) is 1.